The van der Waals surface area contributed by atoms with Crippen LogP contribution in [-0.4, -0.2) is 49.9 Å². The molecule has 0 atom stereocenters. The van der Waals surface area contributed by atoms with Gasteiger partial charge in [-0.25, -0.2) is 5.43 Å². The Balaban J connectivity index is 1.56. The van der Waals surface area contributed by atoms with Gasteiger partial charge in [-0.1, -0.05) is 34.1 Å². The highest BCUT2D eigenvalue weighted by molar-refractivity contribution is 9.10. The second-order valence-corrected chi connectivity index (χ2v) is 7.87. The Morgan fingerprint density at radius 1 is 1.23 bits per heavy atom. The van der Waals surface area contributed by atoms with E-state index in [2.05, 4.69) is 33.0 Å². The third-order valence-electron chi connectivity index (χ3n) is 4.63. The van der Waals surface area contributed by atoms with Crippen LogP contribution in [0.3, 0.4) is 0 Å². The van der Waals surface area contributed by atoms with Gasteiger partial charge in [-0.15, -0.1) is 6.58 Å². The summed E-state index contributed by atoms with van der Waals surface area (Å²) >= 11 is 3.44. The number of carbonyl (C=O) groups excluding carboxylic acids is 1. The molecule has 1 fully saturated rings. The number of nitrogens with zero attached hydrogens (tertiary/aromatic N) is 2. The second-order valence-electron chi connectivity index (χ2n) is 6.96. The Morgan fingerprint density at radius 3 is 2.73 bits per heavy atom. The van der Waals surface area contributed by atoms with Crippen LogP contribution in [0.25, 0.3) is 0 Å². The van der Waals surface area contributed by atoms with Crippen LogP contribution in [-0.2, 0) is 22.6 Å². The lowest BCUT2D eigenvalue weighted by atomic mass is 10.1. The number of carbonyl (C=O) groups is 1. The highest BCUT2D eigenvalue weighted by Gasteiger charge is 2.13. The first-order valence-corrected chi connectivity index (χ1v) is 10.7. The van der Waals surface area contributed by atoms with Crippen molar-refractivity contribution in [1.82, 2.24) is 10.3 Å². The lowest BCUT2D eigenvalue weighted by Gasteiger charge is -2.25. The van der Waals surface area contributed by atoms with E-state index in [4.69, 9.17) is 9.47 Å². The maximum atomic E-state index is 12.0. The first kappa shape index (κ1) is 22.2. The van der Waals surface area contributed by atoms with Gasteiger partial charge in [-0.05, 0) is 53.4 Å². The van der Waals surface area contributed by atoms with Crippen molar-refractivity contribution in [3.05, 3.63) is 76.3 Å². The summed E-state index contributed by atoms with van der Waals surface area (Å²) in [6, 6.07) is 13.9. The molecule has 1 aliphatic heterocycles. The van der Waals surface area contributed by atoms with Gasteiger partial charge in [-0.2, -0.15) is 5.10 Å². The van der Waals surface area contributed by atoms with Crippen molar-refractivity contribution in [2.24, 2.45) is 5.10 Å². The number of ether oxygens (including phenoxy) is 2. The Morgan fingerprint density at radius 2 is 2.00 bits per heavy atom. The number of nitrogens with one attached hydrogen (secondary N) is 1. The number of hydrogen-bond donors (Lipinski definition) is 1. The fourth-order valence-electron chi connectivity index (χ4n) is 3.05. The molecule has 0 bridgehead atoms. The highest BCUT2D eigenvalue weighted by atomic mass is 79.9. The molecule has 1 heterocycles. The topological polar surface area (TPSA) is 63.2 Å². The summed E-state index contributed by atoms with van der Waals surface area (Å²) in [5.41, 5.74) is 5.59. The van der Waals surface area contributed by atoms with E-state index in [-0.39, 0.29) is 5.91 Å². The molecule has 158 valence electrons. The molecule has 1 amide bonds. The van der Waals surface area contributed by atoms with Gasteiger partial charge in [0.15, 0.2) is 0 Å². The highest BCUT2D eigenvalue weighted by Crippen LogP contribution is 2.22. The Hall–Kier alpha value is -2.48. The maximum absolute atomic E-state index is 12.0. The number of amides is 1. The molecule has 0 spiro atoms. The molecule has 6 nitrogen and oxygen atoms in total. The van der Waals surface area contributed by atoms with E-state index in [0.29, 0.717) is 32.8 Å². The van der Waals surface area contributed by atoms with Crippen molar-refractivity contribution in [2.45, 2.75) is 13.0 Å². The van der Waals surface area contributed by atoms with E-state index in [1.165, 1.54) is 0 Å². The Kier molecular flexibility index (Phi) is 8.62. The number of morpholine rings is 1. The molecule has 0 aliphatic carbocycles. The first-order valence-electron chi connectivity index (χ1n) is 9.87. The van der Waals surface area contributed by atoms with Gasteiger partial charge in [0.25, 0.3) is 5.91 Å². The largest absolute Gasteiger partial charge is 0.489 e. The van der Waals surface area contributed by atoms with Crippen LogP contribution in [0.1, 0.15) is 16.7 Å². The summed E-state index contributed by atoms with van der Waals surface area (Å²) in [7, 11) is 0. The molecule has 1 N–H and O–H groups in total. The number of halogens is 1. The van der Waals surface area contributed by atoms with Gasteiger partial charge in [0.05, 0.1) is 26.0 Å². The normalized spacial score (nSPS) is 14.6. The molecule has 2 aromatic carbocycles. The van der Waals surface area contributed by atoms with Gasteiger partial charge in [0.2, 0.25) is 0 Å². The summed E-state index contributed by atoms with van der Waals surface area (Å²) in [6.45, 7) is 7.51. The molecule has 0 radical (unpaired) electrons. The molecule has 30 heavy (non-hydrogen) atoms. The smallest absolute Gasteiger partial charge is 0.254 e. The van der Waals surface area contributed by atoms with Gasteiger partial charge >= 0.3 is 0 Å². The molecule has 0 aromatic heterocycles. The molecule has 1 aliphatic rings. The molecule has 0 saturated carbocycles. The fraction of sp³-hybridized carbons (Fsp3) is 0.304. The summed E-state index contributed by atoms with van der Waals surface area (Å²) in [6.07, 6.45) is 4.16. The predicted octanol–water partition coefficient (Wildman–Crippen LogP) is 3.54. The minimum Gasteiger partial charge on any atom is -0.489 e. The summed E-state index contributed by atoms with van der Waals surface area (Å²) in [5.74, 6) is 0.681. The van der Waals surface area contributed by atoms with E-state index in [0.717, 1.165) is 40.0 Å². The molecular weight excluding hydrogens is 446 g/mol. The van der Waals surface area contributed by atoms with Crippen LogP contribution in [0, 0.1) is 0 Å². The van der Waals surface area contributed by atoms with Crippen LogP contribution in [0.2, 0.25) is 0 Å². The van der Waals surface area contributed by atoms with E-state index in [9.17, 15) is 4.79 Å². The average molecular weight is 472 g/mol. The van der Waals surface area contributed by atoms with Crippen LogP contribution in [0.4, 0.5) is 0 Å². The summed E-state index contributed by atoms with van der Waals surface area (Å²) in [5, 5.41) is 4.09. The molecule has 1 saturated heterocycles. The van der Waals surface area contributed by atoms with Crippen LogP contribution >= 0.6 is 15.9 Å². The van der Waals surface area contributed by atoms with Gasteiger partial charge in [-0.3, -0.25) is 9.69 Å². The summed E-state index contributed by atoms with van der Waals surface area (Å²) in [4.78, 5) is 14.1. The van der Waals surface area contributed by atoms with Gasteiger partial charge < -0.3 is 9.47 Å². The number of benzene rings is 2. The van der Waals surface area contributed by atoms with Gasteiger partial charge in [0.1, 0.15) is 12.4 Å². The monoisotopic (exact) mass is 471 g/mol. The maximum Gasteiger partial charge on any atom is 0.254 e. The zero-order chi connectivity index (χ0) is 21.2. The first-order chi connectivity index (χ1) is 14.6. The van der Waals surface area contributed by atoms with E-state index >= 15 is 0 Å². The van der Waals surface area contributed by atoms with E-state index < -0.39 is 0 Å². The predicted molar refractivity (Wildman–Crippen MR) is 122 cm³/mol. The van der Waals surface area contributed by atoms with Gasteiger partial charge in [0, 0.05) is 17.6 Å². The average Bonchev–Trinajstić information content (AvgIpc) is 2.75. The molecule has 7 heteroatoms. The van der Waals surface area contributed by atoms with Crippen LogP contribution in [0.15, 0.2) is 64.7 Å². The van der Waals surface area contributed by atoms with Crippen molar-refractivity contribution in [2.75, 3.05) is 32.8 Å². The van der Waals surface area contributed by atoms with Crippen molar-refractivity contribution in [1.29, 1.82) is 0 Å². The molecular formula is C23H26BrN3O3. The van der Waals surface area contributed by atoms with Crippen molar-refractivity contribution >= 4 is 28.1 Å². The standard InChI is InChI=1S/C23H26BrN3O3/c1-2-3-20-14-19(15-25-26-23(28)16-27-10-12-29-13-11-27)6-9-22(20)30-17-18-4-7-21(24)8-5-18/h2,4-9,14-15H,1,3,10-13,16-17H2,(H,26,28)/b25-15+. The zero-order valence-electron chi connectivity index (χ0n) is 16.9. The number of hydrogen-bond acceptors (Lipinski definition) is 5. The van der Waals surface area contributed by atoms with E-state index in [1.807, 2.05) is 53.4 Å². The summed E-state index contributed by atoms with van der Waals surface area (Å²) < 4.78 is 12.3. The zero-order valence-corrected chi connectivity index (χ0v) is 18.4. The number of rotatable bonds is 9. The van der Waals surface area contributed by atoms with Crippen molar-refractivity contribution in [3.8, 4) is 5.75 Å². The number of hydrazone groups is 1. The Bertz CT molecular complexity index is 878. The van der Waals surface area contributed by atoms with Crippen molar-refractivity contribution < 1.29 is 14.3 Å². The number of allylic oxidation sites excluding steroid dienone is 1. The third kappa shape index (κ3) is 7.09. The Labute approximate surface area is 185 Å². The quantitative estimate of drug-likeness (QED) is 0.345. The molecule has 2 aromatic rings. The van der Waals surface area contributed by atoms with Crippen LogP contribution in [0.5, 0.6) is 5.75 Å². The second kappa shape index (κ2) is 11.6. The fourth-order valence-corrected chi connectivity index (χ4v) is 3.32. The third-order valence-corrected chi connectivity index (χ3v) is 5.16. The molecule has 0 unspecified atom stereocenters. The van der Waals surface area contributed by atoms with Crippen LogP contribution < -0.4 is 10.2 Å². The lowest BCUT2D eigenvalue weighted by Crippen LogP contribution is -2.42. The lowest BCUT2D eigenvalue weighted by molar-refractivity contribution is -0.123. The van der Waals surface area contributed by atoms with Crippen molar-refractivity contribution in [3.63, 3.8) is 0 Å². The minimum atomic E-state index is -0.131. The SMILES string of the molecule is C=CCc1cc(/C=N/NC(=O)CN2CCOCC2)ccc1OCc1ccc(Br)cc1. The van der Waals surface area contributed by atoms with E-state index in [1.54, 1.807) is 6.21 Å². The minimum absolute atomic E-state index is 0.131. The molecule has 3 rings (SSSR count).